The summed E-state index contributed by atoms with van der Waals surface area (Å²) in [6.07, 6.45) is -0.640. The highest BCUT2D eigenvalue weighted by atomic mass is 32.2. The Morgan fingerprint density at radius 1 is 1.02 bits per heavy atom. The molecule has 3 atom stereocenters. The lowest BCUT2D eigenvalue weighted by Crippen LogP contribution is -2.50. The third-order valence-corrected chi connectivity index (χ3v) is 9.48. The van der Waals surface area contributed by atoms with Crippen LogP contribution in [0.2, 0.25) is 0 Å². The molecule has 0 saturated carbocycles. The Balaban J connectivity index is 1.47. The zero-order valence-electron chi connectivity index (χ0n) is 25.7. The number of nitrogens with zero attached hydrogens (tertiary/aromatic N) is 2. The van der Waals surface area contributed by atoms with E-state index in [0.717, 1.165) is 16.3 Å². The molecule has 11 heteroatoms. The molecule has 3 amide bonds. The number of aryl methyl sites for hydroxylation is 1. The quantitative estimate of drug-likeness (QED) is 0.241. The zero-order chi connectivity index (χ0) is 32.3. The molecule has 0 aliphatic carbocycles. The van der Waals surface area contributed by atoms with Crippen molar-refractivity contribution in [3.05, 3.63) is 96.1 Å². The van der Waals surface area contributed by atoms with E-state index in [4.69, 9.17) is 4.74 Å². The molecule has 1 heterocycles. The maximum absolute atomic E-state index is 13.8. The highest BCUT2D eigenvalue weighted by Gasteiger charge is 2.35. The van der Waals surface area contributed by atoms with E-state index < -0.39 is 28.1 Å². The summed E-state index contributed by atoms with van der Waals surface area (Å²) in [4.78, 5) is 30.3. The molecule has 4 aromatic carbocycles. The first-order valence-corrected chi connectivity index (χ1v) is 16.3. The summed E-state index contributed by atoms with van der Waals surface area (Å²) in [5.74, 6) is -0.631. The van der Waals surface area contributed by atoms with Gasteiger partial charge in [-0.2, -0.15) is 0 Å². The number of nitrogens with one attached hydrogen (secondary N) is 2. The highest BCUT2D eigenvalue weighted by Crippen LogP contribution is 2.36. The van der Waals surface area contributed by atoms with Gasteiger partial charge in [-0.1, -0.05) is 67.1 Å². The van der Waals surface area contributed by atoms with Crippen LogP contribution < -0.4 is 14.8 Å². The van der Waals surface area contributed by atoms with Gasteiger partial charge in [0.25, 0.3) is 15.9 Å². The van der Waals surface area contributed by atoms with Crippen LogP contribution in [0.3, 0.4) is 0 Å². The van der Waals surface area contributed by atoms with Crippen molar-refractivity contribution >= 4 is 44.1 Å². The van der Waals surface area contributed by atoms with Crippen LogP contribution in [0.5, 0.6) is 5.75 Å². The number of urea groups is 1. The van der Waals surface area contributed by atoms with E-state index >= 15 is 0 Å². The molecule has 5 rings (SSSR count). The molecular formula is C34H38N4O6S. The van der Waals surface area contributed by atoms with Crippen molar-refractivity contribution in [2.45, 2.75) is 37.8 Å². The van der Waals surface area contributed by atoms with Gasteiger partial charge in [-0.3, -0.25) is 9.52 Å². The van der Waals surface area contributed by atoms with Gasteiger partial charge in [0.1, 0.15) is 6.10 Å². The number of hydrogen-bond acceptors (Lipinski definition) is 6. The van der Waals surface area contributed by atoms with Crippen molar-refractivity contribution in [2.24, 2.45) is 5.92 Å². The number of ether oxygens (including phenoxy) is 1. The lowest BCUT2D eigenvalue weighted by Gasteiger charge is -2.38. The normalized spacial score (nSPS) is 17.4. The van der Waals surface area contributed by atoms with Crippen LogP contribution in [0.4, 0.5) is 16.2 Å². The first-order valence-electron chi connectivity index (χ1n) is 14.8. The maximum atomic E-state index is 13.8. The number of likely N-dealkylation sites (N-methyl/N-ethyl adjacent to an activating group) is 1. The average molecular weight is 631 g/mol. The van der Waals surface area contributed by atoms with Gasteiger partial charge in [-0.25, -0.2) is 13.2 Å². The van der Waals surface area contributed by atoms with E-state index in [2.05, 4.69) is 10.0 Å². The van der Waals surface area contributed by atoms with Crippen molar-refractivity contribution < 1.29 is 27.9 Å². The fourth-order valence-corrected chi connectivity index (χ4v) is 6.42. The summed E-state index contributed by atoms with van der Waals surface area (Å²) >= 11 is 0. The van der Waals surface area contributed by atoms with Gasteiger partial charge in [0, 0.05) is 24.9 Å². The number of fused-ring (bicyclic) bond motifs is 2. The smallest absolute Gasteiger partial charge is 0.321 e. The summed E-state index contributed by atoms with van der Waals surface area (Å²) in [5, 5.41) is 14.9. The molecule has 0 saturated heterocycles. The lowest BCUT2D eigenvalue weighted by molar-refractivity contribution is 0.0373. The van der Waals surface area contributed by atoms with Crippen molar-refractivity contribution in [3.8, 4) is 5.75 Å². The number of benzene rings is 4. The fourth-order valence-electron chi connectivity index (χ4n) is 5.36. The molecule has 0 spiro atoms. The third-order valence-electron chi connectivity index (χ3n) is 8.10. The Hall–Kier alpha value is -4.61. The van der Waals surface area contributed by atoms with E-state index in [1.54, 1.807) is 43.1 Å². The Labute approximate surface area is 263 Å². The molecule has 0 bridgehead atoms. The Bertz CT molecular complexity index is 1810. The minimum Gasteiger partial charge on any atom is -0.485 e. The van der Waals surface area contributed by atoms with Gasteiger partial charge in [-0.05, 0) is 49.6 Å². The van der Waals surface area contributed by atoms with Gasteiger partial charge in [-0.15, -0.1) is 0 Å². The summed E-state index contributed by atoms with van der Waals surface area (Å²) < 4.78 is 35.9. The minimum absolute atomic E-state index is 0.0627. The molecule has 3 N–H and O–H groups in total. The van der Waals surface area contributed by atoms with Gasteiger partial charge in [0.15, 0.2) is 5.75 Å². The van der Waals surface area contributed by atoms with Crippen LogP contribution in [-0.2, 0) is 10.0 Å². The van der Waals surface area contributed by atoms with Crippen LogP contribution in [0, 0.1) is 12.8 Å². The molecule has 236 valence electrons. The largest absolute Gasteiger partial charge is 0.485 e. The lowest BCUT2D eigenvalue weighted by atomic mass is 9.99. The van der Waals surface area contributed by atoms with E-state index in [1.807, 2.05) is 56.3 Å². The minimum atomic E-state index is -4.03. The zero-order valence-corrected chi connectivity index (χ0v) is 26.5. The third kappa shape index (κ3) is 6.89. The molecule has 1 aliphatic heterocycles. The standard InChI is InChI=1S/C34H38N4O6S/c1-22-15-17-26(18-16-22)45(42,43)36-30-14-8-12-28-32(30)44-31(23(2)19-38(33(28)40)24(3)21-39)20-37(4)34(41)35-29-13-7-10-25-9-5-6-11-27(25)29/h5-18,23-24,31,36,39H,19-21H2,1-4H3,(H,35,41)/t23-,24-,31-/m1/s1. The molecule has 45 heavy (non-hydrogen) atoms. The first-order chi connectivity index (χ1) is 21.5. The fraction of sp³-hybridized carbons (Fsp3) is 0.294. The summed E-state index contributed by atoms with van der Waals surface area (Å²) in [7, 11) is -2.37. The molecule has 4 aromatic rings. The average Bonchev–Trinajstić information content (AvgIpc) is 3.02. The number of carbonyl (C=O) groups is 2. The number of carbonyl (C=O) groups excluding carboxylic acids is 2. The number of hydrogen-bond donors (Lipinski definition) is 3. The molecule has 0 aromatic heterocycles. The Morgan fingerprint density at radius 2 is 1.69 bits per heavy atom. The number of aliphatic hydroxyl groups is 1. The number of anilines is 2. The van der Waals surface area contributed by atoms with E-state index in [1.165, 1.54) is 23.1 Å². The number of aliphatic hydroxyl groups excluding tert-OH is 1. The summed E-state index contributed by atoms with van der Waals surface area (Å²) in [6, 6.07) is 23.7. The predicted molar refractivity (Wildman–Crippen MR) is 175 cm³/mol. The number of para-hydroxylation sites is 1. The van der Waals surface area contributed by atoms with Crippen LogP contribution in [0.25, 0.3) is 10.8 Å². The van der Waals surface area contributed by atoms with Crippen molar-refractivity contribution in [1.82, 2.24) is 9.80 Å². The second-order valence-electron chi connectivity index (χ2n) is 11.6. The number of amides is 3. The molecule has 0 radical (unpaired) electrons. The number of rotatable bonds is 8. The van der Waals surface area contributed by atoms with Crippen LogP contribution >= 0.6 is 0 Å². The summed E-state index contributed by atoms with van der Waals surface area (Å²) in [5.41, 5.74) is 1.83. The van der Waals surface area contributed by atoms with Gasteiger partial charge >= 0.3 is 6.03 Å². The first kappa shape index (κ1) is 31.8. The molecule has 10 nitrogen and oxygen atoms in total. The van der Waals surface area contributed by atoms with Crippen LogP contribution in [-0.4, -0.2) is 74.2 Å². The van der Waals surface area contributed by atoms with Gasteiger partial charge < -0.3 is 25.0 Å². The van der Waals surface area contributed by atoms with Gasteiger partial charge in [0.05, 0.1) is 41.0 Å². The van der Waals surface area contributed by atoms with E-state index in [9.17, 15) is 23.1 Å². The molecule has 1 aliphatic rings. The highest BCUT2D eigenvalue weighted by molar-refractivity contribution is 7.92. The van der Waals surface area contributed by atoms with Crippen molar-refractivity contribution in [1.29, 1.82) is 0 Å². The van der Waals surface area contributed by atoms with E-state index in [-0.39, 0.29) is 53.5 Å². The van der Waals surface area contributed by atoms with Gasteiger partial charge in [0.2, 0.25) is 0 Å². The van der Waals surface area contributed by atoms with Crippen LogP contribution in [0.1, 0.15) is 29.8 Å². The monoisotopic (exact) mass is 630 g/mol. The Morgan fingerprint density at radius 3 is 2.42 bits per heavy atom. The van der Waals surface area contributed by atoms with Crippen molar-refractivity contribution in [3.63, 3.8) is 0 Å². The SMILES string of the molecule is Cc1ccc(S(=O)(=O)Nc2cccc3c2O[C@H](CN(C)C(=O)Nc2cccc4ccccc24)[C@H](C)CN([C@H](C)CO)C3=O)cc1. The second-order valence-corrected chi connectivity index (χ2v) is 13.2. The van der Waals surface area contributed by atoms with Crippen LogP contribution in [0.15, 0.2) is 89.8 Å². The molecular weight excluding hydrogens is 592 g/mol. The van der Waals surface area contributed by atoms with E-state index in [0.29, 0.717) is 5.69 Å². The molecule has 0 fully saturated rings. The summed E-state index contributed by atoms with van der Waals surface area (Å²) in [6.45, 7) is 5.63. The Kier molecular flexibility index (Phi) is 9.31. The predicted octanol–water partition coefficient (Wildman–Crippen LogP) is 5.33. The van der Waals surface area contributed by atoms with Crippen molar-refractivity contribution in [2.75, 3.05) is 36.8 Å². The second kappa shape index (κ2) is 13.2. The molecule has 0 unspecified atom stereocenters. The maximum Gasteiger partial charge on any atom is 0.321 e. The topological polar surface area (TPSA) is 128 Å². The number of sulfonamides is 1.